The number of carbonyl (C=O) groups is 3. The topological polar surface area (TPSA) is 221 Å². The summed E-state index contributed by atoms with van der Waals surface area (Å²) in [5.41, 5.74) is -4.71. The number of rotatable bonds is 12. The molecule has 5 rings (SSSR count). The van der Waals surface area contributed by atoms with Crippen LogP contribution >= 0.6 is 0 Å². The van der Waals surface area contributed by atoms with E-state index in [1.165, 1.54) is 6.92 Å². The van der Waals surface area contributed by atoms with Gasteiger partial charge in [0.2, 0.25) is 0 Å². The first-order chi connectivity index (χ1) is 25.1. The van der Waals surface area contributed by atoms with Gasteiger partial charge in [0.15, 0.2) is 6.29 Å². The SMILES string of the molecule is CC(C)(O)/C=C/CC(C)(O)C1CCC2(C)C3CC=C4C(CCC(O[C@@H]5O[C@H](COC(=O)CC(C)(O)CC(=O)O)[C@@H](O)[C@H](O)[C@H]5O)C4(C)C)C3(C)C(=O)CC12C. The van der Waals surface area contributed by atoms with E-state index in [9.17, 15) is 45.0 Å². The molecule has 1 heterocycles. The Kier molecular flexibility index (Phi) is 11.9. The maximum absolute atomic E-state index is 14.7. The molecule has 0 spiro atoms. The normalized spacial score (nSPS) is 42.3. The molecule has 0 amide bonds. The molecule has 13 nitrogen and oxygen atoms in total. The van der Waals surface area contributed by atoms with Crippen LogP contribution in [0.2, 0.25) is 0 Å². The molecule has 13 heteroatoms. The van der Waals surface area contributed by atoms with Crippen LogP contribution in [0.25, 0.3) is 0 Å². The largest absolute Gasteiger partial charge is 0.481 e. The van der Waals surface area contributed by atoms with Crippen LogP contribution in [0.5, 0.6) is 0 Å². The van der Waals surface area contributed by atoms with Crippen LogP contribution < -0.4 is 0 Å². The number of carbonyl (C=O) groups excluding carboxylic acids is 2. The fraction of sp³-hybridized carbons (Fsp3) is 0.833. The average molecular weight is 779 g/mol. The Labute approximate surface area is 325 Å². The zero-order chi connectivity index (χ0) is 41.3. The third-order valence-corrected chi connectivity index (χ3v) is 14.8. The molecule has 1 aliphatic heterocycles. The standard InChI is InChI=1S/C42H66O13/c1-36(2,50)16-10-17-41(8,52)26-15-18-39(6)27-13-11-23-24(42(27,9)28(43)19-40(26,39)7)12-14-29(37(23,3)4)55-35-34(49)33(48)32(47)25(54-35)22-53-31(46)21-38(5,51)20-30(44)45/h10-11,16,24-27,29,32-35,47-52H,12-15,17-22H2,1-9H3,(H,44,45)/b16-10+/t24?,25-,26?,27?,29?,32-,33+,34-,35+,38?,39?,40?,41?,42?/m1/s1. The van der Waals surface area contributed by atoms with Gasteiger partial charge in [0.05, 0.1) is 35.7 Å². The number of aliphatic hydroxyl groups is 6. The number of carboxylic acids is 1. The lowest BCUT2D eigenvalue weighted by Gasteiger charge is -2.65. The molecule has 4 aliphatic carbocycles. The highest BCUT2D eigenvalue weighted by atomic mass is 16.7. The molecule has 0 aromatic rings. The Morgan fingerprint density at radius 2 is 1.58 bits per heavy atom. The molecule has 9 unspecified atom stereocenters. The summed E-state index contributed by atoms with van der Waals surface area (Å²) in [4.78, 5) is 38.2. The van der Waals surface area contributed by atoms with Crippen molar-refractivity contribution < 1.29 is 64.3 Å². The fourth-order valence-electron chi connectivity index (χ4n) is 11.6. The summed E-state index contributed by atoms with van der Waals surface area (Å²) in [5.74, 6) is -2.12. The Hall–Kier alpha value is -2.23. The summed E-state index contributed by atoms with van der Waals surface area (Å²) in [6, 6.07) is 0. The Bertz CT molecular complexity index is 1540. The summed E-state index contributed by atoms with van der Waals surface area (Å²) < 4.78 is 17.5. The lowest BCUT2D eigenvalue weighted by Crippen LogP contribution is -2.64. The number of aliphatic carboxylic acids is 1. The number of aliphatic hydroxyl groups excluding tert-OH is 3. The van der Waals surface area contributed by atoms with Crippen molar-refractivity contribution in [2.45, 2.75) is 174 Å². The van der Waals surface area contributed by atoms with Crippen molar-refractivity contribution in [3.05, 3.63) is 23.8 Å². The highest BCUT2D eigenvalue weighted by molar-refractivity contribution is 5.88. The number of ketones is 1. The van der Waals surface area contributed by atoms with Crippen molar-refractivity contribution >= 4 is 17.7 Å². The summed E-state index contributed by atoms with van der Waals surface area (Å²) >= 11 is 0. The average Bonchev–Trinajstić information content (AvgIpc) is 3.31. The Morgan fingerprint density at radius 3 is 2.20 bits per heavy atom. The third kappa shape index (κ3) is 7.98. The van der Waals surface area contributed by atoms with E-state index in [1.807, 2.05) is 26.8 Å². The molecule has 55 heavy (non-hydrogen) atoms. The minimum absolute atomic E-state index is 0.0532. The molecule has 0 aromatic carbocycles. The van der Waals surface area contributed by atoms with E-state index in [2.05, 4.69) is 26.8 Å². The lowest BCUT2D eigenvalue weighted by atomic mass is 9.38. The Morgan fingerprint density at radius 1 is 0.927 bits per heavy atom. The van der Waals surface area contributed by atoms with Crippen molar-refractivity contribution in [1.82, 2.24) is 0 Å². The van der Waals surface area contributed by atoms with Gasteiger partial charge in [-0.15, -0.1) is 0 Å². The minimum Gasteiger partial charge on any atom is -0.481 e. The monoisotopic (exact) mass is 778 g/mol. The third-order valence-electron chi connectivity index (χ3n) is 14.8. The zero-order valence-electron chi connectivity index (χ0n) is 34.1. The highest BCUT2D eigenvalue weighted by Crippen LogP contribution is 2.74. The minimum atomic E-state index is -1.86. The summed E-state index contributed by atoms with van der Waals surface area (Å²) in [6.07, 6.45) is 0.692. The van der Waals surface area contributed by atoms with E-state index in [4.69, 9.17) is 19.3 Å². The second-order valence-electron chi connectivity index (χ2n) is 19.8. The number of allylic oxidation sites excluding steroid dienone is 1. The zero-order valence-corrected chi connectivity index (χ0v) is 34.1. The lowest BCUT2D eigenvalue weighted by molar-refractivity contribution is -0.320. The maximum atomic E-state index is 14.7. The fourth-order valence-corrected chi connectivity index (χ4v) is 11.6. The van der Waals surface area contributed by atoms with Gasteiger partial charge in [-0.25, -0.2) is 0 Å². The second kappa shape index (κ2) is 14.9. The molecule has 5 aliphatic rings. The molecule has 1 saturated heterocycles. The van der Waals surface area contributed by atoms with Crippen LogP contribution in [-0.2, 0) is 28.6 Å². The molecule has 0 aromatic heterocycles. The molecular weight excluding hydrogens is 712 g/mol. The summed E-state index contributed by atoms with van der Waals surface area (Å²) in [5, 5.41) is 73.7. The molecule has 14 atom stereocenters. The van der Waals surface area contributed by atoms with E-state index in [0.717, 1.165) is 18.4 Å². The number of Topliss-reactive ketones (excluding diaryl/α,β-unsaturated/α-hetero) is 1. The van der Waals surface area contributed by atoms with E-state index in [-0.39, 0.29) is 29.0 Å². The summed E-state index contributed by atoms with van der Waals surface area (Å²) in [6.45, 7) is 16.7. The van der Waals surface area contributed by atoms with E-state index in [1.54, 1.807) is 19.9 Å². The van der Waals surface area contributed by atoms with Gasteiger partial charge in [-0.3, -0.25) is 14.4 Å². The van der Waals surface area contributed by atoms with Crippen molar-refractivity contribution in [2.24, 2.45) is 39.4 Å². The predicted octanol–water partition coefficient (Wildman–Crippen LogP) is 3.59. The van der Waals surface area contributed by atoms with Gasteiger partial charge in [0, 0.05) is 17.3 Å². The van der Waals surface area contributed by atoms with Gasteiger partial charge in [-0.05, 0) is 94.8 Å². The molecule has 0 bridgehead atoms. The number of fused-ring (bicyclic) bond motifs is 5. The van der Waals surface area contributed by atoms with Crippen LogP contribution in [0.3, 0.4) is 0 Å². The molecule has 0 radical (unpaired) electrons. The second-order valence-corrected chi connectivity index (χ2v) is 19.8. The highest BCUT2D eigenvalue weighted by Gasteiger charge is 2.71. The molecule has 4 fully saturated rings. The summed E-state index contributed by atoms with van der Waals surface area (Å²) in [7, 11) is 0. The first kappa shape index (κ1) is 43.9. The van der Waals surface area contributed by atoms with Gasteiger partial charge < -0.3 is 50.0 Å². The van der Waals surface area contributed by atoms with E-state index < -0.39 is 101 Å². The number of esters is 1. The van der Waals surface area contributed by atoms with E-state index in [0.29, 0.717) is 32.1 Å². The van der Waals surface area contributed by atoms with Gasteiger partial charge >= 0.3 is 11.9 Å². The van der Waals surface area contributed by atoms with Crippen LogP contribution in [0.15, 0.2) is 23.8 Å². The van der Waals surface area contributed by atoms with Crippen LogP contribution in [-0.4, -0.2) is 114 Å². The molecule has 312 valence electrons. The van der Waals surface area contributed by atoms with Crippen LogP contribution in [0.1, 0.15) is 120 Å². The maximum Gasteiger partial charge on any atom is 0.308 e. The Balaban J connectivity index is 1.32. The van der Waals surface area contributed by atoms with Crippen LogP contribution in [0.4, 0.5) is 0 Å². The first-order valence-corrected chi connectivity index (χ1v) is 19.9. The van der Waals surface area contributed by atoms with Crippen molar-refractivity contribution in [2.75, 3.05) is 6.61 Å². The van der Waals surface area contributed by atoms with Crippen molar-refractivity contribution in [3.8, 4) is 0 Å². The number of ether oxygens (including phenoxy) is 3. The van der Waals surface area contributed by atoms with Gasteiger partial charge in [0.25, 0.3) is 0 Å². The molecule has 7 N–H and O–H groups in total. The number of carboxylic acid groups (broad SMARTS) is 1. The predicted molar refractivity (Wildman–Crippen MR) is 200 cm³/mol. The smallest absolute Gasteiger partial charge is 0.308 e. The van der Waals surface area contributed by atoms with Crippen molar-refractivity contribution in [3.63, 3.8) is 0 Å². The van der Waals surface area contributed by atoms with Gasteiger partial charge in [-0.1, -0.05) is 58.4 Å². The quantitative estimate of drug-likeness (QED) is 0.111. The van der Waals surface area contributed by atoms with E-state index >= 15 is 0 Å². The van der Waals surface area contributed by atoms with Gasteiger partial charge in [-0.2, -0.15) is 0 Å². The number of hydrogen-bond acceptors (Lipinski definition) is 12. The molecular formula is C42H66O13. The number of hydrogen-bond donors (Lipinski definition) is 7. The van der Waals surface area contributed by atoms with Crippen molar-refractivity contribution in [1.29, 1.82) is 0 Å². The first-order valence-electron chi connectivity index (χ1n) is 19.9. The van der Waals surface area contributed by atoms with Gasteiger partial charge in [0.1, 0.15) is 36.8 Å². The van der Waals surface area contributed by atoms with Crippen LogP contribution in [0, 0.1) is 39.4 Å². The molecule has 3 saturated carbocycles.